The van der Waals surface area contributed by atoms with Crippen molar-refractivity contribution >= 4 is 24.0 Å². The van der Waals surface area contributed by atoms with E-state index in [2.05, 4.69) is 40.6 Å². The Bertz CT molecular complexity index is 1020. The number of carbonyl (C=O) groups is 3. The zero-order valence-corrected chi connectivity index (χ0v) is 16.6. The van der Waals surface area contributed by atoms with Crippen LogP contribution in [-0.4, -0.2) is 41.0 Å². The van der Waals surface area contributed by atoms with E-state index in [1.54, 1.807) is 6.08 Å². The molecule has 0 saturated carbocycles. The van der Waals surface area contributed by atoms with Gasteiger partial charge in [-0.25, -0.2) is 9.69 Å². The van der Waals surface area contributed by atoms with E-state index >= 15 is 0 Å². The Morgan fingerprint density at radius 3 is 2.57 bits per heavy atom. The van der Waals surface area contributed by atoms with E-state index in [4.69, 9.17) is 0 Å². The first-order chi connectivity index (χ1) is 13.2. The van der Waals surface area contributed by atoms with Gasteiger partial charge in [0.1, 0.15) is 12.2 Å². The first-order valence-electron chi connectivity index (χ1n) is 8.91. The molecule has 0 unspecified atom stereocenters. The minimum Gasteiger partial charge on any atom is -0.468 e. The molecular formula is C21H23N3O4. The van der Waals surface area contributed by atoms with Gasteiger partial charge in [-0.15, -0.1) is 0 Å². The number of aryl methyl sites for hydroxylation is 2. The second-order valence-corrected chi connectivity index (χ2v) is 6.84. The van der Waals surface area contributed by atoms with E-state index in [1.165, 1.54) is 18.2 Å². The number of urea groups is 1. The smallest absolute Gasteiger partial charge is 0.329 e. The third-order valence-corrected chi connectivity index (χ3v) is 5.06. The first-order valence-corrected chi connectivity index (χ1v) is 8.91. The monoisotopic (exact) mass is 381 g/mol. The van der Waals surface area contributed by atoms with Crippen molar-refractivity contribution < 1.29 is 19.1 Å². The standard InChI is InChI=1S/C21H23N3O4/c1-12-7-6-8-18(14(12)3)24-13(2)9-16(15(24)4)10-17-20(26)23(21(27)22-17)11-19(25)28-5/h6-10H,11H2,1-5H3,(H,22,27)/b17-10+. The van der Waals surface area contributed by atoms with Crippen LogP contribution in [0.1, 0.15) is 28.1 Å². The summed E-state index contributed by atoms with van der Waals surface area (Å²) < 4.78 is 6.66. The number of amides is 3. The van der Waals surface area contributed by atoms with Crippen LogP contribution < -0.4 is 5.32 Å². The highest BCUT2D eigenvalue weighted by Gasteiger charge is 2.35. The number of hydrogen-bond donors (Lipinski definition) is 1. The number of aromatic nitrogens is 1. The third-order valence-electron chi connectivity index (χ3n) is 5.06. The summed E-state index contributed by atoms with van der Waals surface area (Å²) in [5.74, 6) is -1.20. The lowest BCUT2D eigenvalue weighted by Gasteiger charge is -2.14. The summed E-state index contributed by atoms with van der Waals surface area (Å²) in [6, 6.07) is 7.47. The Kier molecular flexibility index (Phi) is 5.09. The lowest BCUT2D eigenvalue weighted by atomic mass is 10.1. The summed E-state index contributed by atoms with van der Waals surface area (Å²) in [5, 5.41) is 2.53. The molecule has 1 fully saturated rings. The molecule has 0 aliphatic carbocycles. The van der Waals surface area contributed by atoms with E-state index in [1.807, 2.05) is 26.0 Å². The molecule has 0 bridgehead atoms. The van der Waals surface area contributed by atoms with Gasteiger partial charge in [0, 0.05) is 17.1 Å². The molecule has 7 heteroatoms. The van der Waals surface area contributed by atoms with Crippen molar-refractivity contribution in [1.82, 2.24) is 14.8 Å². The van der Waals surface area contributed by atoms with Crippen LogP contribution in [-0.2, 0) is 14.3 Å². The molecular weight excluding hydrogens is 358 g/mol. The van der Waals surface area contributed by atoms with Gasteiger partial charge in [-0.05, 0) is 62.6 Å². The van der Waals surface area contributed by atoms with E-state index in [0.717, 1.165) is 27.5 Å². The van der Waals surface area contributed by atoms with Gasteiger partial charge in [0.15, 0.2) is 0 Å². The highest BCUT2D eigenvalue weighted by atomic mass is 16.5. The molecule has 0 spiro atoms. The summed E-state index contributed by atoms with van der Waals surface area (Å²) >= 11 is 0. The van der Waals surface area contributed by atoms with Gasteiger partial charge >= 0.3 is 12.0 Å². The molecule has 146 valence electrons. The molecule has 1 N–H and O–H groups in total. The van der Waals surface area contributed by atoms with Gasteiger partial charge < -0.3 is 14.6 Å². The number of nitrogens with zero attached hydrogens (tertiary/aromatic N) is 2. The number of imide groups is 1. The second kappa shape index (κ2) is 7.34. The number of hydrogen-bond acceptors (Lipinski definition) is 4. The largest absolute Gasteiger partial charge is 0.468 e. The summed E-state index contributed by atoms with van der Waals surface area (Å²) in [5.41, 5.74) is 6.37. The summed E-state index contributed by atoms with van der Waals surface area (Å²) in [4.78, 5) is 36.8. The fraction of sp³-hybridized carbons (Fsp3) is 0.286. The molecule has 3 rings (SSSR count). The minimum atomic E-state index is -0.655. The predicted octanol–water partition coefficient (Wildman–Crippen LogP) is 2.78. The van der Waals surface area contributed by atoms with E-state index in [-0.39, 0.29) is 5.70 Å². The summed E-state index contributed by atoms with van der Waals surface area (Å²) in [6.45, 7) is 7.69. The van der Waals surface area contributed by atoms with Crippen molar-refractivity contribution in [3.05, 3.63) is 58.0 Å². The predicted molar refractivity (Wildman–Crippen MR) is 105 cm³/mol. The maximum absolute atomic E-state index is 12.5. The third kappa shape index (κ3) is 3.31. The molecule has 1 aromatic carbocycles. The van der Waals surface area contributed by atoms with Crippen LogP contribution in [0.3, 0.4) is 0 Å². The Hall–Kier alpha value is -3.35. The normalized spacial score (nSPS) is 15.3. The zero-order chi connectivity index (χ0) is 20.6. The molecule has 1 aliphatic heterocycles. The molecule has 1 aliphatic rings. The molecule has 0 atom stereocenters. The molecule has 28 heavy (non-hydrogen) atoms. The maximum Gasteiger partial charge on any atom is 0.329 e. The Balaban J connectivity index is 1.98. The van der Waals surface area contributed by atoms with Crippen LogP contribution in [0.25, 0.3) is 11.8 Å². The van der Waals surface area contributed by atoms with Crippen molar-refractivity contribution in [3.63, 3.8) is 0 Å². The molecule has 1 saturated heterocycles. The number of carbonyl (C=O) groups excluding carboxylic acids is 3. The second-order valence-electron chi connectivity index (χ2n) is 6.84. The van der Waals surface area contributed by atoms with Crippen molar-refractivity contribution in [1.29, 1.82) is 0 Å². The quantitative estimate of drug-likeness (QED) is 0.502. The van der Waals surface area contributed by atoms with Crippen molar-refractivity contribution in [2.24, 2.45) is 0 Å². The Labute approximate surface area is 163 Å². The van der Waals surface area contributed by atoms with Gasteiger partial charge in [-0.3, -0.25) is 9.59 Å². The van der Waals surface area contributed by atoms with Crippen LogP contribution >= 0.6 is 0 Å². The topological polar surface area (TPSA) is 80.6 Å². The molecule has 2 aromatic rings. The zero-order valence-electron chi connectivity index (χ0n) is 16.6. The van der Waals surface area contributed by atoms with Crippen LogP contribution in [0.2, 0.25) is 0 Å². The first kappa shape index (κ1) is 19.4. The minimum absolute atomic E-state index is 0.134. The fourth-order valence-corrected chi connectivity index (χ4v) is 3.35. The van der Waals surface area contributed by atoms with Crippen LogP contribution in [0.4, 0.5) is 4.79 Å². The lowest BCUT2D eigenvalue weighted by molar-refractivity contribution is -0.143. The van der Waals surface area contributed by atoms with Gasteiger partial charge in [-0.1, -0.05) is 12.1 Å². The van der Waals surface area contributed by atoms with Gasteiger partial charge in [0.2, 0.25) is 0 Å². The molecule has 0 radical (unpaired) electrons. The molecule has 7 nitrogen and oxygen atoms in total. The summed E-state index contributed by atoms with van der Waals surface area (Å²) in [7, 11) is 1.21. The van der Waals surface area contributed by atoms with Gasteiger partial charge in [0.25, 0.3) is 5.91 Å². The number of nitrogens with one attached hydrogen (secondary N) is 1. The van der Waals surface area contributed by atoms with Crippen LogP contribution in [0.15, 0.2) is 30.0 Å². The Morgan fingerprint density at radius 2 is 1.89 bits per heavy atom. The molecule has 3 amide bonds. The Morgan fingerprint density at radius 1 is 1.18 bits per heavy atom. The lowest BCUT2D eigenvalue weighted by Crippen LogP contribution is -2.36. The highest BCUT2D eigenvalue weighted by Crippen LogP contribution is 2.26. The van der Waals surface area contributed by atoms with Crippen LogP contribution in [0, 0.1) is 27.7 Å². The molecule has 2 heterocycles. The van der Waals surface area contributed by atoms with Crippen molar-refractivity contribution in [3.8, 4) is 5.69 Å². The number of rotatable bonds is 4. The number of esters is 1. The number of ether oxygens (including phenoxy) is 1. The number of methoxy groups -OCH3 is 1. The number of benzene rings is 1. The SMILES string of the molecule is COC(=O)CN1C(=O)N/C(=C/c2cc(C)n(-c3cccc(C)c3C)c2C)C1=O. The van der Waals surface area contributed by atoms with Crippen molar-refractivity contribution in [2.75, 3.05) is 13.7 Å². The fourth-order valence-electron chi connectivity index (χ4n) is 3.35. The maximum atomic E-state index is 12.5. The summed E-state index contributed by atoms with van der Waals surface area (Å²) in [6.07, 6.45) is 1.64. The molecule has 1 aromatic heterocycles. The van der Waals surface area contributed by atoms with Crippen LogP contribution in [0.5, 0.6) is 0 Å². The van der Waals surface area contributed by atoms with E-state index < -0.39 is 24.5 Å². The van der Waals surface area contributed by atoms with Gasteiger partial charge in [-0.2, -0.15) is 0 Å². The average molecular weight is 381 g/mol. The average Bonchev–Trinajstić information content (AvgIpc) is 3.07. The van der Waals surface area contributed by atoms with E-state index in [0.29, 0.717) is 0 Å². The highest BCUT2D eigenvalue weighted by molar-refractivity contribution is 6.15. The van der Waals surface area contributed by atoms with E-state index in [9.17, 15) is 14.4 Å². The van der Waals surface area contributed by atoms with Crippen molar-refractivity contribution in [2.45, 2.75) is 27.7 Å². The van der Waals surface area contributed by atoms with Gasteiger partial charge in [0.05, 0.1) is 7.11 Å².